The monoisotopic (exact) mass is 390 g/mol. The lowest BCUT2D eigenvalue weighted by molar-refractivity contribution is -0.145. The van der Waals surface area contributed by atoms with Crippen LogP contribution in [0.25, 0.3) is 0 Å². The van der Waals surface area contributed by atoms with Crippen LogP contribution in [0.15, 0.2) is 42.5 Å². The Kier molecular flexibility index (Phi) is 10.0. The molecule has 28 heavy (non-hydrogen) atoms. The summed E-state index contributed by atoms with van der Waals surface area (Å²) < 4.78 is 9.10. The Labute approximate surface area is 164 Å². The highest BCUT2D eigenvalue weighted by molar-refractivity contribution is 5.87. The highest BCUT2D eigenvalue weighted by Crippen LogP contribution is 2.11. The Balaban J connectivity index is 2.48. The summed E-state index contributed by atoms with van der Waals surface area (Å²) >= 11 is 0. The fourth-order valence-corrected chi connectivity index (χ4v) is 2.36. The molecule has 152 valence electrons. The number of rotatable bonds is 10. The zero-order chi connectivity index (χ0) is 20.9. The van der Waals surface area contributed by atoms with E-state index in [0.29, 0.717) is 0 Å². The van der Waals surface area contributed by atoms with E-state index in [0.717, 1.165) is 11.6 Å². The molecule has 0 saturated heterocycles. The SMILES string of the molecule is COC(=O)/C=C/C[C@H](NC(=O)CCC(=O)N[C@H](C)c1ccccc1)C(=O)OC. The fraction of sp³-hybridized carbons (Fsp3) is 0.400. The van der Waals surface area contributed by atoms with Gasteiger partial charge >= 0.3 is 11.9 Å². The van der Waals surface area contributed by atoms with Crippen molar-refractivity contribution >= 4 is 23.8 Å². The lowest BCUT2D eigenvalue weighted by Gasteiger charge is -2.16. The topological polar surface area (TPSA) is 111 Å². The zero-order valence-corrected chi connectivity index (χ0v) is 16.3. The molecule has 2 N–H and O–H groups in total. The summed E-state index contributed by atoms with van der Waals surface area (Å²) in [4.78, 5) is 46.9. The van der Waals surface area contributed by atoms with Crippen molar-refractivity contribution in [3.63, 3.8) is 0 Å². The van der Waals surface area contributed by atoms with Crippen molar-refractivity contribution in [2.75, 3.05) is 14.2 Å². The van der Waals surface area contributed by atoms with Gasteiger partial charge in [0.1, 0.15) is 6.04 Å². The molecule has 0 unspecified atom stereocenters. The van der Waals surface area contributed by atoms with Gasteiger partial charge in [0, 0.05) is 18.9 Å². The highest BCUT2D eigenvalue weighted by Gasteiger charge is 2.21. The molecule has 0 saturated carbocycles. The van der Waals surface area contributed by atoms with E-state index < -0.39 is 23.9 Å². The van der Waals surface area contributed by atoms with Crippen molar-refractivity contribution < 1.29 is 28.7 Å². The lowest BCUT2D eigenvalue weighted by Crippen LogP contribution is -2.41. The Hall–Kier alpha value is -3.16. The summed E-state index contributed by atoms with van der Waals surface area (Å²) in [7, 11) is 2.43. The number of hydrogen-bond acceptors (Lipinski definition) is 6. The summed E-state index contributed by atoms with van der Waals surface area (Å²) in [5, 5.41) is 5.32. The number of carbonyl (C=O) groups excluding carboxylic acids is 4. The zero-order valence-electron chi connectivity index (χ0n) is 16.3. The van der Waals surface area contributed by atoms with Gasteiger partial charge in [-0.05, 0) is 18.9 Å². The molecule has 1 aromatic rings. The van der Waals surface area contributed by atoms with Crippen LogP contribution in [0.2, 0.25) is 0 Å². The van der Waals surface area contributed by atoms with E-state index >= 15 is 0 Å². The van der Waals surface area contributed by atoms with Crippen LogP contribution in [0, 0.1) is 0 Å². The van der Waals surface area contributed by atoms with Gasteiger partial charge in [-0.25, -0.2) is 9.59 Å². The smallest absolute Gasteiger partial charge is 0.330 e. The summed E-state index contributed by atoms with van der Waals surface area (Å²) in [6.07, 6.45) is 2.52. The number of nitrogens with one attached hydrogen (secondary N) is 2. The van der Waals surface area contributed by atoms with Gasteiger partial charge in [0.05, 0.1) is 20.3 Å². The fourth-order valence-electron chi connectivity index (χ4n) is 2.36. The molecule has 0 aliphatic carbocycles. The minimum Gasteiger partial charge on any atom is -0.467 e. The van der Waals surface area contributed by atoms with E-state index in [1.165, 1.54) is 20.3 Å². The van der Waals surface area contributed by atoms with E-state index in [-0.39, 0.29) is 31.2 Å². The Morgan fingerprint density at radius 2 is 1.57 bits per heavy atom. The summed E-state index contributed by atoms with van der Waals surface area (Å²) in [6.45, 7) is 1.86. The third-order valence-electron chi connectivity index (χ3n) is 3.90. The van der Waals surface area contributed by atoms with Crippen molar-refractivity contribution in [3.8, 4) is 0 Å². The molecule has 2 amide bonds. The van der Waals surface area contributed by atoms with Gasteiger partial charge in [0.25, 0.3) is 0 Å². The molecule has 0 radical (unpaired) electrons. The quantitative estimate of drug-likeness (QED) is 0.462. The Morgan fingerprint density at radius 3 is 2.14 bits per heavy atom. The van der Waals surface area contributed by atoms with Gasteiger partial charge in [-0.1, -0.05) is 36.4 Å². The number of ether oxygens (including phenoxy) is 2. The van der Waals surface area contributed by atoms with Gasteiger partial charge in [-0.15, -0.1) is 0 Å². The number of amides is 2. The van der Waals surface area contributed by atoms with Gasteiger partial charge in [-0.3, -0.25) is 9.59 Å². The maximum Gasteiger partial charge on any atom is 0.330 e. The van der Waals surface area contributed by atoms with E-state index in [2.05, 4.69) is 20.1 Å². The number of carbonyl (C=O) groups is 4. The number of methoxy groups -OCH3 is 2. The molecule has 0 aromatic heterocycles. The minimum absolute atomic E-state index is 0.0189. The van der Waals surface area contributed by atoms with Crippen LogP contribution >= 0.6 is 0 Å². The molecule has 0 aliphatic rings. The van der Waals surface area contributed by atoms with Crippen LogP contribution in [0.3, 0.4) is 0 Å². The second-order valence-electron chi connectivity index (χ2n) is 6.00. The third-order valence-corrected chi connectivity index (χ3v) is 3.90. The minimum atomic E-state index is -0.954. The summed E-state index contributed by atoms with van der Waals surface area (Å²) in [5.74, 6) is -1.96. The number of esters is 2. The average Bonchev–Trinajstić information content (AvgIpc) is 2.71. The standard InChI is InChI=1S/C20H26N2O6/c1-14(15-8-5-4-6-9-15)21-17(23)12-13-18(24)22-16(20(26)28-3)10-7-11-19(25)27-2/h4-9,11,14,16H,10,12-13H2,1-3H3,(H,21,23)(H,22,24)/b11-7+/t14-,16+/m1/s1. The van der Waals surface area contributed by atoms with Crippen LogP contribution in [-0.4, -0.2) is 44.0 Å². The second-order valence-corrected chi connectivity index (χ2v) is 6.00. The van der Waals surface area contributed by atoms with Crippen molar-refractivity contribution in [2.24, 2.45) is 0 Å². The lowest BCUT2D eigenvalue weighted by atomic mass is 10.1. The number of hydrogen-bond donors (Lipinski definition) is 2. The molecule has 0 bridgehead atoms. The molecule has 8 heteroatoms. The van der Waals surface area contributed by atoms with Gasteiger partial charge < -0.3 is 20.1 Å². The predicted molar refractivity (Wildman–Crippen MR) is 102 cm³/mol. The maximum atomic E-state index is 12.1. The molecule has 1 rings (SSSR count). The van der Waals surface area contributed by atoms with Crippen molar-refractivity contribution in [1.29, 1.82) is 0 Å². The Morgan fingerprint density at radius 1 is 0.964 bits per heavy atom. The summed E-state index contributed by atoms with van der Waals surface area (Å²) in [5.41, 5.74) is 0.962. The second kappa shape index (κ2) is 12.3. The van der Waals surface area contributed by atoms with Crippen LogP contribution in [0.5, 0.6) is 0 Å². The molecule has 0 fully saturated rings. The average molecular weight is 390 g/mol. The summed E-state index contributed by atoms with van der Waals surface area (Å²) in [6, 6.07) is 8.33. The van der Waals surface area contributed by atoms with E-state index in [9.17, 15) is 19.2 Å². The first-order valence-electron chi connectivity index (χ1n) is 8.83. The van der Waals surface area contributed by atoms with Gasteiger partial charge in [-0.2, -0.15) is 0 Å². The number of benzene rings is 1. The van der Waals surface area contributed by atoms with Crippen molar-refractivity contribution in [1.82, 2.24) is 10.6 Å². The van der Waals surface area contributed by atoms with Crippen molar-refractivity contribution in [2.45, 2.75) is 38.3 Å². The molecular formula is C20H26N2O6. The molecule has 8 nitrogen and oxygen atoms in total. The largest absolute Gasteiger partial charge is 0.467 e. The highest BCUT2D eigenvalue weighted by atomic mass is 16.5. The normalized spacial score (nSPS) is 12.7. The van der Waals surface area contributed by atoms with E-state index in [1.54, 1.807) is 0 Å². The van der Waals surface area contributed by atoms with E-state index in [1.807, 2.05) is 37.3 Å². The third kappa shape index (κ3) is 8.48. The van der Waals surface area contributed by atoms with Gasteiger partial charge in [0.15, 0.2) is 0 Å². The van der Waals surface area contributed by atoms with Crippen LogP contribution < -0.4 is 10.6 Å². The molecular weight excluding hydrogens is 364 g/mol. The van der Waals surface area contributed by atoms with Crippen LogP contribution in [-0.2, 0) is 28.7 Å². The first-order valence-corrected chi connectivity index (χ1v) is 8.83. The molecule has 0 heterocycles. The maximum absolute atomic E-state index is 12.1. The molecule has 0 spiro atoms. The Bertz CT molecular complexity index is 702. The molecule has 1 aromatic carbocycles. The molecule has 0 aliphatic heterocycles. The van der Waals surface area contributed by atoms with E-state index in [4.69, 9.17) is 0 Å². The van der Waals surface area contributed by atoms with Crippen LogP contribution in [0.4, 0.5) is 0 Å². The predicted octanol–water partition coefficient (Wildman–Crippen LogP) is 1.42. The van der Waals surface area contributed by atoms with Crippen LogP contribution in [0.1, 0.15) is 37.8 Å². The van der Waals surface area contributed by atoms with Gasteiger partial charge in [0.2, 0.25) is 11.8 Å². The molecule has 2 atom stereocenters. The first-order chi connectivity index (χ1) is 13.4. The first kappa shape index (κ1) is 22.9. The van der Waals surface area contributed by atoms with Crippen molar-refractivity contribution in [3.05, 3.63) is 48.0 Å².